The van der Waals surface area contributed by atoms with Crippen LogP contribution in [0.2, 0.25) is 0 Å². The molecule has 0 radical (unpaired) electrons. The third kappa shape index (κ3) is 2.32. The van der Waals surface area contributed by atoms with Crippen LogP contribution in [0.25, 0.3) is 0 Å². The molecular formula is C18H13F3N2O2S. The van der Waals surface area contributed by atoms with Crippen molar-refractivity contribution in [2.24, 2.45) is 0 Å². The topological polar surface area (TPSA) is 49.4 Å². The van der Waals surface area contributed by atoms with E-state index in [4.69, 9.17) is 0 Å². The zero-order chi connectivity index (χ0) is 18.7. The first kappa shape index (κ1) is 17.0. The number of thioether (sulfide) groups is 1. The third-order valence-electron chi connectivity index (χ3n) is 4.50. The number of hydrogen-bond acceptors (Lipinski definition) is 3. The van der Waals surface area contributed by atoms with E-state index in [2.05, 4.69) is 5.32 Å². The van der Waals surface area contributed by atoms with Crippen molar-refractivity contribution in [3.05, 3.63) is 59.2 Å². The summed E-state index contributed by atoms with van der Waals surface area (Å²) in [6.07, 6.45) is -4.54. The average molecular weight is 378 g/mol. The van der Waals surface area contributed by atoms with Gasteiger partial charge >= 0.3 is 6.18 Å². The Bertz CT molecular complexity index is 944. The Morgan fingerprint density at radius 3 is 2.65 bits per heavy atom. The quantitative estimate of drug-likeness (QED) is 0.819. The van der Waals surface area contributed by atoms with E-state index < -0.39 is 28.4 Å². The Labute approximate surface area is 151 Å². The number of halogens is 3. The summed E-state index contributed by atoms with van der Waals surface area (Å²) in [4.78, 5) is 25.2. The van der Waals surface area contributed by atoms with E-state index in [1.807, 2.05) is 13.0 Å². The Balaban J connectivity index is 1.91. The molecule has 0 aliphatic carbocycles. The number of nitrogens with one attached hydrogen (secondary N) is 1. The normalized spacial score (nSPS) is 22.1. The van der Waals surface area contributed by atoms with Crippen LogP contribution in [0.1, 0.15) is 16.7 Å². The minimum atomic E-state index is -4.54. The second kappa shape index (κ2) is 5.51. The molecule has 2 aliphatic rings. The van der Waals surface area contributed by atoms with E-state index in [1.165, 1.54) is 17.0 Å². The molecule has 2 amide bonds. The van der Waals surface area contributed by atoms with Crippen molar-refractivity contribution in [2.75, 3.05) is 16.0 Å². The molecule has 1 atom stereocenters. The van der Waals surface area contributed by atoms with E-state index in [0.717, 1.165) is 29.5 Å². The van der Waals surface area contributed by atoms with Gasteiger partial charge in [-0.05, 0) is 31.2 Å². The van der Waals surface area contributed by atoms with Crippen LogP contribution in [0.15, 0.2) is 42.5 Å². The van der Waals surface area contributed by atoms with Crippen LogP contribution < -0.4 is 10.2 Å². The molecule has 2 aromatic rings. The molecule has 4 rings (SSSR count). The zero-order valence-electron chi connectivity index (χ0n) is 13.6. The standard InChI is InChI=1S/C18H13F3N2O2S/c1-10-5-6-14-13(7-10)17(16(25)22-14)23(15(24)9-26-17)12-4-2-3-11(8-12)18(19,20)21/h2-8H,9H2,1H3,(H,22,25). The maximum Gasteiger partial charge on any atom is 0.416 e. The van der Waals surface area contributed by atoms with Gasteiger partial charge in [0.1, 0.15) is 0 Å². The lowest BCUT2D eigenvalue weighted by molar-refractivity contribution is -0.137. The van der Waals surface area contributed by atoms with Crippen LogP contribution in [-0.2, 0) is 20.6 Å². The first-order chi connectivity index (χ1) is 12.2. The van der Waals surface area contributed by atoms with Crippen LogP contribution in [0, 0.1) is 6.92 Å². The summed E-state index contributed by atoms with van der Waals surface area (Å²) in [6, 6.07) is 9.87. The molecule has 2 aliphatic heterocycles. The van der Waals surface area contributed by atoms with Gasteiger partial charge in [0.05, 0.1) is 11.3 Å². The van der Waals surface area contributed by atoms with Crippen LogP contribution in [0.4, 0.5) is 24.5 Å². The van der Waals surface area contributed by atoms with Crippen molar-refractivity contribution in [1.82, 2.24) is 0 Å². The van der Waals surface area contributed by atoms with Gasteiger partial charge in [-0.1, -0.05) is 23.8 Å². The molecule has 0 bridgehead atoms. The molecule has 134 valence electrons. The van der Waals surface area contributed by atoms with Gasteiger partial charge < -0.3 is 5.32 Å². The Morgan fingerprint density at radius 1 is 1.15 bits per heavy atom. The predicted molar refractivity (Wildman–Crippen MR) is 92.9 cm³/mol. The summed E-state index contributed by atoms with van der Waals surface area (Å²) >= 11 is 1.12. The highest BCUT2D eigenvalue weighted by molar-refractivity contribution is 8.02. The lowest BCUT2D eigenvalue weighted by Crippen LogP contribution is -2.47. The van der Waals surface area contributed by atoms with Gasteiger partial charge in [-0.2, -0.15) is 13.2 Å². The average Bonchev–Trinajstić information content (AvgIpc) is 3.06. The number of carbonyl (C=O) groups is 2. The summed E-state index contributed by atoms with van der Waals surface area (Å²) in [7, 11) is 0. The summed E-state index contributed by atoms with van der Waals surface area (Å²) in [5.74, 6) is -0.818. The molecule has 2 aromatic carbocycles. The van der Waals surface area contributed by atoms with Gasteiger partial charge in [-0.3, -0.25) is 14.5 Å². The SMILES string of the molecule is Cc1ccc2c(c1)C1(SCC(=O)N1c1cccc(C(F)(F)F)c1)C(=O)N2. The Hall–Kier alpha value is -2.48. The summed E-state index contributed by atoms with van der Waals surface area (Å²) in [5, 5.41) is 2.75. The van der Waals surface area contributed by atoms with Crippen LogP contribution in [0.3, 0.4) is 0 Å². The summed E-state index contributed by atoms with van der Waals surface area (Å²) < 4.78 is 39.3. The number of nitrogens with zero attached hydrogens (tertiary/aromatic N) is 1. The first-order valence-corrected chi connectivity index (χ1v) is 8.79. The number of amides is 2. The van der Waals surface area contributed by atoms with E-state index in [9.17, 15) is 22.8 Å². The minimum Gasteiger partial charge on any atom is -0.323 e. The highest BCUT2D eigenvalue weighted by Gasteiger charge is 2.58. The molecule has 8 heteroatoms. The molecule has 0 aromatic heterocycles. The lowest BCUT2D eigenvalue weighted by atomic mass is 10.0. The smallest absolute Gasteiger partial charge is 0.323 e. The van der Waals surface area contributed by atoms with Gasteiger partial charge in [0.25, 0.3) is 5.91 Å². The fourth-order valence-electron chi connectivity index (χ4n) is 3.36. The van der Waals surface area contributed by atoms with E-state index in [0.29, 0.717) is 11.3 Å². The molecule has 1 unspecified atom stereocenters. The van der Waals surface area contributed by atoms with Gasteiger partial charge in [0.2, 0.25) is 10.8 Å². The molecule has 26 heavy (non-hydrogen) atoms. The molecule has 4 nitrogen and oxygen atoms in total. The maximum atomic E-state index is 13.1. The molecule has 1 fully saturated rings. The number of benzene rings is 2. The monoisotopic (exact) mass is 378 g/mol. The fraction of sp³-hybridized carbons (Fsp3) is 0.222. The summed E-state index contributed by atoms with van der Waals surface area (Å²) in [5.41, 5.74) is 1.25. The van der Waals surface area contributed by atoms with E-state index in [-0.39, 0.29) is 11.4 Å². The van der Waals surface area contributed by atoms with Crippen molar-refractivity contribution in [3.63, 3.8) is 0 Å². The third-order valence-corrected chi connectivity index (χ3v) is 5.89. The zero-order valence-corrected chi connectivity index (χ0v) is 14.4. The van der Waals surface area contributed by atoms with Crippen LogP contribution in [0.5, 0.6) is 0 Å². The highest BCUT2D eigenvalue weighted by Crippen LogP contribution is 2.54. The maximum absolute atomic E-state index is 13.1. The number of anilines is 2. The number of rotatable bonds is 1. The predicted octanol–water partition coefficient (Wildman–Crippen LogP) is 3.90. The Kier molecular flexibility index (Phi) is 3.59. The van der Waals surface area contributed by atoms with Crippen molar-refractivity contribution >= 4 is 35.0 Å². The Morgan fingerprint density at radius 2 is 1.92 bits per heavy atom. The number of fused-ring (bicyclic) bond motifs is 2. The van der Waals surface area contributed by atoms with Crippen LogP contribution in [-0.4, -0.2) is 17.6 Å². The van der Waals surface area contributed by atoms with Crippen molar-refractivity contribution in [3.8, 4) is 0 Å². The largest absolute Gasteiger partial charge is 0.416 e. The number of carbonyl (C=O) groups excluding carboxylic acids is 2. The fourth-order valence-corrected chi connectivity index (χ4v) is 4.66. The molecule has 1 saturated heterocycles. The van der Waals surface area contributed by atoms with Gasteiger partial charge in [0.15, 0.2) is 0 Å². The van der Waals surface area contributed by atoms with E-state index in [1.54, 1.807) is 12.1 Å². The summed E-state index contributed by atoms with van der Waals surface area (Å²) in [6.45, 7) is 1.85. The molecule has 1 N–H and O–H groups in total. The van der Waals surface area contributed by atoms with Gasteiger partial charge in [-0.15, -0.1) is 11.8 Å². The highest BCUT2D eigenvalue weighted by atomic mass is 32.2. The molecule has 0 saturated carbocycles. The van der Waals surface area contributed by atoms with Gasteiger partial charge in [0, 0.05) is 16.9 Å². The lowest BCUT2D eigenvalue weighted by Gasteiger charge is -2.32. The molecule has 2 heterocycles. The van der Waals surface area contributed by atoms with E-state index >= 15 is 0 Å². The number of hydrogen-bond donors (Lipinski definition) is 1. The minimum absolute atomic E-state index is 0.0110. The van der Waals surface area contributed by atoms with Crippen molar-refractivity contribution in [1.29, 1.82) is 0 Å². The number of aryl methyl sites for hydroxylation is 1. The second-order valence-corrected chi connectivity index (χ2v) is 7.38. The van der Waals surface area contributed by atoms with Crippen molar-refractivity contribution < 1.29 is 22.8 Å². The van der Waals surface area contributed by atoms with Crippen LogP contribution >= 0.6 is 11.8 Å². The van der Waals surface area contributed by atoms with Gasteiger partial charge in [-0.25, -0.2) is 0 Å². The van der Waals surface area contributed by atoms with Crippen molar-refractivity contribution in [2.45, 2.75) is 18.0 Å². The second-order valence-electron chi connectivity index (χ2n) is 6.21. The molecule has 1 spiro atoms. The number of alkyl halides is 3. The molecular weight excluding hydrogens is 365 g/mol. The first-order valence-electron chi connectivity index (χ1n) is 7.80.